The lowest BCUT2D eigenvalue weighted by Gasteiger charge is -2.29. The van der Waals surface area contributed by atoms with Crippen molar-refractivity contribution >= 4 is 0 Å². The molecule has 0 unspecified atom stereocenters. The summed E-state index contributed by atoms with van der Waals surface area (Å²) in [5.74, 6) is 1.78. The monoisotopic (exact) mass is 211 g/mol. The zero-order valence-corrected chi connectivity index (χ0v) is 9.97. The Morgan fingerprint density at radius 2 is 2.00 bits per heavy atom. The van der Waals surface area contributed by atoms with Crippen LogP contribution in [0.15, 0.2) is 0 Å². The summed E-state index contributed by atoms with van der Waals surface area (Å²) in [6, 6.07) is 0. The van der Waals surface area contributed by atoms with Crippen LogP contribution in [0.5, 0.6) is 0 Å². The Kier molecular flexibility index (Phi) is 3.68. The summed E-state index contributed by atoms with van der Waals surface area (Å²) in [5, 5.41) is 12.8. The molecule has 88 valence electrons. The van der Waals surface area contributed by atoms with E-state index in [1.807, 2.05) is 0 Å². The summed E-state index contributed by atoms with van der Waals surface area (Å²) < 4.78 is 0. The van der Waals surface area contributed by atoms with Crippen LogP contribution in [0.4, 0.5) is 0 Å². The molecular formula is C13H25NO. The van der Waals surface area contributed by atoms with Crippen LogP contribution in [0, 0.1) is 17.3 Å². The van der Waals surface area contributed by atoms with E-state index in [-0.39, 0.29) is 5.41 Å². The maximum absolute atomic E-state index is 9.21. The second-order valence-electron chi connectivity index (χ2n) is 5.81. The van der Waals surface area contributed by atoms with E-state index >= 15 is 0 Å². The van der Waals surface area contributed by atoms with Crippen LogP contribution in [0.1, 0.15) is 45.4 Å². The van der Waals surface area contributed by atoms with Gasteiger partial charge in [0.05, 0.1) is 0 Å². The van der Waals surface area contributed by atoms with Crippen LogP contribution in [0.25, 0.3) is 0 Å². The molecule has 2 aliphatic carbocycles. The Bertz CT molecular complexity index is 201. The first-order valence-electron chi connectivity index (χ1n) is 6.57. The number of hydrogen-bond acceptors (Lipinski definition) is 2. The van der Waals surface area contributed by atoms with Gasteiger partial charge in [-0.15, -0.1) is 0 Å². The molecule has 0 aromatic heterocycles. The predicted octanol–water partition coefficient (Wildman–Crippen LogP) is 2.17. The molecule has 0 spiro atoms. The topological polar surface area (TPSA) is 32.3 Å². The van der Waals surface area contributed by atoms with Crippen LogP contribution in [0.2, 0.25) is 0 Å². The molecule has 0 bridgehead atoms. The molecule has 2 saturated carbocycles. The number of nitrogens with one attached hydrogen (secondary N) is 1. The Morgan fingerprint density at radius 1 is 1.27 bits per heavy atom. The molecule has 2 heteroatoms. The van der Waals surface area contributed by atoms with E-state index in [9.17, 15) is 5.11 Å². The van der Waals surface area contributed by atoms with Crippen molar-refractivity contribution < 1.29 is 5.11 Å². The fourth-order valence-corrected chi connectivity index (χ4v) is 2.79. The Labute approximate surface area is 93.5 Å². The first kappa shape index (κ1) is 11.4. The summed E-state index contributed by atoms with van der Waals surface area (Å²) in [7, 11) is 0. The van der Waals surface area contributed by atoms with Gasteiger partial charge in [0.2, 0.25) is 0 Å². The van der Waals surface area contributed by atoms with Gasteiger partial charge in [0.15, 0.2) is 0 Å². The van der Waals surface area contributed by atoms with Gasteiger partial charge in [-0.2, -0.15) is 0 Å². The third-order valence-electron chi connectivity index (χ3n) is 4.49. The summed E-state index contributed by atoms with van der Waals surface area (Å²) in [5.41, 5.74) is 0.276. The Morgan fingerprint density at radius 3 is 2.60 bits per heavy atom. The van der Waals surface area contributed by atoms with Crippen LogP contribution in [-0.4, -0.2) is 24.8 Å². The molecule has 15 heavy (non-hydrogen) atoms. The Balaban J connectivity index is 1.64. The number of rotatable bonds is 5. The lowest BCUT2D eigenvalue weighted by Crippen LogP contribution is -2.34. The normalized spacial score (nSPS) is 34.0. The standard InChI is InChI=1S/C13H25NO/c1-11-4-2-3-5-12(11)8-14-9-13(10-15)6-7-13/h11-12,14-15H,2-10H2,1H3/t11-,12-/m0/s1. The van der Waals surface area contributed by atoms with Crippen molar-refractivity contribution in [2.24, 2.45) is 17.3 Å². The average Bonchev–Trinajstić information content (AvgIpc) is 3.02. The largest absolute Gasteiger partial charge is 0.396 e. The van der Waals surface area contributed by atoms with E-state index in [1.165, 1.54) is 45.1 Å². The minimum atomic E-state index is 0.276. The number of aliphatic hydroxyl groups excluding tert-OH is 1. The minimum absolute atomic E-state index is 0.276. The van der Waals surface area contributed by atoms with Gasteiger partial charge in [0, 0.05) is 18.6 Å². The van der Waals surface area contributed by atoms with Crippen molar-refractivity contribution in [3.05, 3.63) is 0 Å². The fraction of sp³-hybridized carbons (Fsp3) is 1.00. The zero-order chi connectivity index (χ0) is 10.7. The predicted molar refractivity (Wildman–Crippen MR) is 62.7 cm³/mol. The average molecular weight is 211 g/mol. The molecule has 0 aliphatic heterocycles. The van der Waals surface area contributed by atoms with Gasteiger partial charge in [-0.25, -0.2) is 0 Å². The molecule has 0 saturated heterocycles. The highest BCUT2D eigenvalue weighted by Crippen LogP contribution is 2.44. The minimum Gasteiger partial charge on any atom is -0.396 e. The van der Waals surface area contributed by atoms with Crippen molar-refractivity contribution in [2.45, 2.75) is 45.4 Å². The summed E-state index contributed by atoms with van der Waals surface area (Å²) in [4.78, 5) is 0. The maximum Gasteiger partial charge on any atom is 0.0499 e. The van der Waals surface area contributed by atoms with Gasteiger partial charge in [-0.05, 0) is 37.6 Å². The van der Waals surface area contributed by atoms with Crippen molar-refractivity contribution in [3.8, 4) is 0 Å². The first-order valence-corrected chi connectivity index (χ1v) is 6.57. The molecule has 0 amide bonds. The third-order valence-corrected chi connectivity index (χ3v) is 4.49. The van der Waals surface area contributed by atoms with E-state index in [0.29, 0.717) is 6.61 Å². The van der Waals surface area contributed by atoms with E-state index < -0.39 is 0 Å². The van der Waals surface area contributed by atoms with Crippen LogP contribution < -0.4 is 5.32 Å². The lowest BCUT2D eigenvalue weighted by atomic mass is 9.80. The van der Waals surface area contributed by atoms with Crippen molar-refractivity contribution in [3.63, 3.8) is 0 Å². The van der Waals surface area contributed by atoms with Crippen LogP contribution in [-0.2, 0) is 0 Å². The second-order valence-corrected chi connectivity index (χ2v) is 5.81. The zero-order valence-electron chi connectivity index (χ0n) is 9.97. The molecular weight excluding hydrogens is 186 g/mol. The maximum atomic E-state index is 9.21. The van der Waals surface area contributed by atoms with Crippen LogP contribution >= 0.6 is 0 Å². The Hall–Kier alpha value is -0.0800. The smallest absolute Gasteiger partial charge is 0.0499 e. The quantitative estimate of drug-likeness (QED) is 0.730. The van der Waals surface area contributed by atoms with E-state index in [1.54, 1.807) is 0 Å². The number of hydrogen-bond donors (Lipinski definition) is 2. The first-order chi connectivity index (χ1) is 7.26. The molecule has 2 aliphatic rings. The highest BCUT2D eigenvalue weighted by atomic mass is 16.3. The molecule has 2 rings (SSSR count). The fourth-order valence-electron chi connectivity index (χ4n) is 2.79. The molecule has 0 aromatic carbocycles. The van der Waals surface area contributed by atoms with Gasteiger partial charge in [0.25, 0.3) is 0 Å². The highest BCUT2D eigenvalue weighted by molar-refractivity contribution is 4.94. The van der Waals surface area contributed by atoms with Gasteiger partial charge >= 0.3 is 0 Å². The van der Waals surface area contributed by atoms with E-state index in [4.69, 9.17) is 0 Å². The number of aliphatic hydroxyl groups is 1. The molecule has 0 heterocycles. The van der Waals surface area contributed by atoms with Crippen molar-refractivity contribution in [1.82, 2.24) is 5.32 Å². The molecule has 2 fully saturated rings. The lowest BCUT2D eigenvalue weighted by molar-refractivity contribution is 0.196. The van der Waals surface area contributed by atoms with Gasteiger partial charge in [-0.1, -0.05) is 26.2 Å². The van der Waals surface area contributed by atoms with E-state index in [2.05, 4.69) is 12.2 Å². The molecule has 0 radical (unpaired) electrons. The van der Waals surface area contributed by atoms with E-state index in [0.717, 1.165) is 18.4 Å². The molecule has 2 N–H and O–H groups in total. The van der Waals surface area contributed by atoms with Gasteiger partial charge < -0.3 is 10.4 Å². The van der Waals surface area contributed by atoms with Crippen molar-refractivity contribution in [2.75, 3.05) is 19.7 Å². The highest BCUT2D eigenvalue weighted by Gasteiger charge is 2.41. The summed E-state index contributed by atoms with van der Waals surface area (Å²) >= 11 is 0. The van der Waals surface area contributed by atoms with Gasteiger partial charge in [0.1, 0.15) is 0 Å². The van der Waals surface area contributed by atoms with Crippen molar-refractivity contribution in [1.29, 1.82) is 0 Å². The second kappa shape index (κ2) is 4.84. The molecule has 2 nitrogen and oxygen atoms in total. The molecule has 2 atom stereocenters. The summed E-state index contributed by atoms with van der Waals surface area (Å²) in [6.45, 7) is 4.97. The summed E-state index contributed by atoms with van der Waals surface area (Å²) in [6.07, 6.45) is 8.10. The SMILES string of the molecule is C[C@H]1CCCC[C@H]1CNCC1(CO)CC1. The van der Waals surface area contributed by atoms with Crippen LogP contribution in [0.3, 0.4) is 0 Å². The van der Waals surface area contributed by atoms with Gasteiger partial charge in [-0.3, -0.25) is 0 Å². The molecule has 0 aromatic rings. The third kappa shape index (κ3) is 2.94.